The molecule has 0 bridgehead atoms. The van der Waals surface area contributed by atoms with Gasteiger partial charge in [-0.25, -0.2) is 0 Å². The van der Waals surface area contributed by atoms with E-state index >= 15 is 0 Å². The largest absolute Gasteiger partial charge is 0.370 e. The highest BCUT2D eigenvalue weighted by molar-refractivity contribution is 5.97. The van der Waals surface area contributed by atoms with Crippen molar-refractivity contribution in [2.24, 2.45) is 11.5 Å². The van der Waals surface area contributed by atoms with Gasteiger partial charge in [-0.1, -0.05) is 19.3 Å². The van der Waals surface area contributed by atoms with Gasteiger partial charge in [0, 0.05) is 25.2 Å². The van der Waals surface area contributed by atoms with Crippen molar-refractivity contribution in [1.29, 1.82) is 0 Å². The van der Waals surface area contributed by atoms with Crippen LogP contribution in [-0.4, -0.2) is 27.1 Å². The minimum absolute atomic E-state index is 0.183. The van der Waals surface area contributed by atoms with Crippen LogP contribution in [0.3, 0.4) is 0 Å². The zero-order chi connectivity index (χ0) is 14.6. The molecule has 0 saturated heterocycles. The van der Waals surface area contributed by atoms with Gasteiger partial charge >= 0.3 is 0 Å². The Morgan fingerprint density at radius 1 is 1.35 bits per heavy atom. The van der Waals surface area contributed by atoms with Crippen LogP contribution in [0, 0.1) is 0 Å². The van der Waals surface area contributed by atoms with E-state index in [1.54, 1.807) is 16.9 Å². The highest BCUT2D eigenvalue weighted by atomic mass is 16.2. The van der Waals surface area contributed by atoms with E-state index in [1.807, 2.05) is 0 Å². The molecule has 1 heterocycles. The van der Waals surface area contributed by atoms with Crippen LogP contribution in [0.2, 0.25) is 0 Å². The Morgan fingerprint density at radius 2 is 2.05 bits per heavy atom. The maximum Gasteiger partial charge on any atom is 0.245 e. The first-order chi connectivity index (χ1) is 9.49. The first-order valence-corrected chi connectivity index (χ1v) is 6.92. The first kappa shape index (κ1) is 14.5. The fourth-order valence-electron chi connectivity index (χ4n) is 2.43. The van der Waals surface area contributed by atoms with Gasteiger partial charge < -0.3 is 16.8 Å². The first-order valence-electron chi connectivity index (χ1n) is 6.92. The zero-order valence-corrected chi connectivity index (χ0v) is 11.5. The van der Waals surface area contributed by atoms with Crippen molar-refractivity contribution in [3.05, 3.63) is 12.3 Å². The molecule has 2 amide bonds. The van der Waals surface area contributed by atoms with Gasteiger partial charge in [-0.05, 0) is 12.8 Å². The molecular weight excluding hydrogens is 258 g/mol. The van der Waals surface area contributed by atoms with Crippen LogP contribution in [0.5, 0.6) is 0 Å². The van der Waals surface area contributed by atoms with Gasteiger partial charge in [-0.15, -0.1) is 0 Å². The number of nitrogens with one attached hydrogen (secondary N) is 1. The average molecular weight is 279 g/mol. The average Bonchev–Trinajstić information content (AvgIpc) is 2.85. The van der Waals surface area contributed by atoms with E-state index in [0.29, 0.717) is 25.2 Å². The lowest BCUT2D eigenvalue weighted by Gasteiger charge is -2.31. The maximum atomic E-state index is 12.2. The fraction of sp³-hybridized carbons (Fsp3) is 0.615. The standard InChI is InChI=1S/C13H21N5O2/c14-10(19)4-8-18-9-5-11(17-18)16-12(20)13(15)6-2-1-3-7-13/h5,9H,1-4,6-8,15H2,(H2,14,19)(H,16,17,20). The molecule has 0 aliphatic heterocycles. The van der Waals surface area contributed by atoms with Gasteiger partial charge in [0.2, 0.25) is 11.8 Å². The molecule has 0 spiro atoms. The number of hydrogen-bond donors (Lipinski definition) is 3. The van der Waals surface area contributed by atoms with E-state index in [-0.39, 0.29) is 18.2 Å². The number of carbonyl (C=O) groups excluding carboxylic acids is 2. The van der Waals surface area contributed by atoms with Crippen molar-refractivity contribution in [2.75, 3.05) is 5.32 Å². The van der Waals surface area contributed by atoms with E-state index in [0.717, 1.165) is 19.3 Å². The van der Waals surface area contributed by atoms with Gasteiger partial charge in [0.05, 0.1) is 5.54 Å². The van der Waals surface area contributed by atoms with Crippen molar-refractivity contribution in [1.82, 2.24) is 9.78 Å². The Kier molecular flexibility index (Phi) is 4.39. The Hall–Kier alpha value is -1.89. The lowest BCUT2D eigenvalue weighted by molar-refractivity contribution is -0.122. The summed E-state index contributed by atoms with van der Waals surface area (Å²) in [5.41, 5.74) is 10.4. The van der Waals surface area contributed by atoms with Crippen LogP contribution in [0.15, 0.2) is 12.3 Å². The topological polar surface area (TPSA) is 116 Å². The second kappa shape index (κ2) is 6.04. The van der Waals surface area contributed by atoms with Crippen LogP contribution in [0.25, 0.3) is 0 Å². The molecule has 1 saturated carbocycles. The fourth-order valence-corrected chi connectivity index (χ4v) is 2.43. The summed E-state index contributed by atoms with van der Waals surface area (Å²) in [7, 11) is 0. The molecule has 1 aliphatic rings. The van der Waals surface area contributed by atoms with Crippen molar-refractivity contribution in [3.8, 4) is 0 Å². The molecule has 20 heavy (non-hydrogen) atoms. The number of carbonyl (C=O) groups is 2. The smallest absolute Gasteiger partial charge is 0.245 e. The Labute approximate surface area is 117 Å². The normalized spacial score (nSPS) is 17.6. The summed E-state index contributed by atoms with van der Waals surface area (Å²) in [6.07, 6.45) is 6.43. The number of aryl methyl sites for hydroxylation is 1. The number of nitrogens with two attached hydrogens (primary N) is 2. The molecule has 2 rings (SSSR count). The Balaban J connectivity index is 1.92. The van der Waals surface area contributed by atoms with Crippen LogP contribution in [-0.2, 0) is 16.1 Å². The summed E-state index contributed by atoms with van der Waals surface area (Å²) in [4.78, 5) is 22.9. The monoisotopic (exact) mass is 279 g/mol. The van der Waals surface area contributed by atoms with E-state index in [4.69, 9.17) is 11.5 Å². The van der Waals surface area contributed by atoms with Crippen LogP contribution >= 0.6 is 0 Å². The third-order valence-electron chi connectivity index (χ3n) is 3.67. The number of primary amides is 1. The third kappa shape index (κ3) is 3.57. The zero-order valence-electron chi connectivity index (χ0n) is 11.5. The van der Waals surface area contributed by atoms with Crippen molar-refractivity contribution < 1.29 is 9.59 Å². The van der Waals surface area contributed by atoms with Gasteiger partial charge in [0.15, 0.2) is 5.82 Å². The molecule has 1 aromatic heterocycles. The molecule has 0 atom stereocenters. The summed E-state index contributed by atoms with van der Waals surface area (Å²) in [5, 5.41) is 6.92. The summed E-state index contributed by atoms with van der Waals surface area (Å²) in [6, 6.07) is 1.69. The molecule has 110 valence electrons. The predicted molar refractivity (Wildman–Crippen MR) is 74.7 cm³/mol. The van der Waals surface area contributed by atoms with E-state index in [9.17, 15) is 9.59 Å². The predicted octanol–water partition coefficient (Wildman–Crippen LogP) is 0.359. The molecule has 7 nitrogen and oxygen atoms in total. The minimum Gasteiger partial charge on any atom is -0.370 e. The van der Waals surface area contributed by atoms with Gasteiger partial charge in [-0.3, -0.25) is 14.3 Å². The Morgan fingerprint density at radius 3 is 2.70 bits per heavy atom. The lowest BCUT2D eigenvalue weighted by atomic mass is 9.82. The Bertz CT molecular complexity index is 491. The number of nitrogens with zero attached hydrogens (tertiary/aromatic N) is 2. The van der Waals surface area contributed by atoms with E-state index in [2.05, 4.69) is 10.4 Å². The molecule has 1 aromatic rings. The number of hydrogen-bond acceptors (Lipinski definition) is 4. The van der Waals surface area contributed by atoms with Gasteiger partial charge in [-0.2, -0.15) is 5.10 Å². The van der Waals surface area contributed by atoms with Gasteiger partial charge in [0.1, 0.15) is 0 Å². The molecule has 1 aliphatic carbocycles. The molecule has 0 aromatic carbocycles. The number of rotatable bonds is 5. The molecule has 0 radical (unpaired) electrons. The molecule has 5 N–H and O–H groups in total. The maximum absolute atomic E-state index is 12.2. The van der Waals surface area contributed by atoms with E-state index < -0.39 is 5.54 Å². The quantitative estimate of drug-likeness (QED) is 0.721. The number of amides is 2. The minimum atomic E-state index is -0.782. The van der Waals surface area contributed by atoms with Crippen molar-refractivity contribution >= 4 is 17.6 Å². The molecule has 0 unspecified atom stereocenters. The summed E-state index contributed by atoms with van der Waals surface area (Å²) in [5.74, 6) is -0.110. The van der Waals surface area contributed by atoms with Crippen LogP contribution in [0.1, 0.15) is 38.5 Å². The second-order valence-electron chi connectivity index (χ2n) is 5.35. The summed E-state index contributed by atoms with van der Waals surface area (Å²) in [6.45, 7) is 0.402. The SMILES string of the molecule is NC(=O)CCn1ccc(NC(=O)C2(N)CCCCC2)n1. The summed E-state index contributed by atoms with van der Waals surface area (Å²) < 4.78 is 1.57. The second-order valence-corrected chi connectivity index (χ2v) is 5.35. The highest BCUT2D eigenvalue weighted by Gasteiger charge is 2.35. The van der Waals surface area contributed by atoms with Crippen LogP contribution in [0.4, 0.5) is 5.82 Å². The van der Waals surface area contributed by atoms with Gasteiger partial charge in [0.25, 0.3) is 0 Å². The van der Waals surface area contributed by atoms with Crippen LogP contribution < -0.4 is 16.8 Å². The number of anilines is 1. The van der Waals surface area contributed by atoms with Crippen molar-refractivity contribution in [2.45, 2.75) is 50.6 Å². The summed E-state index contributed by atoms with van der Waals surface area (Å²) >= 11 is 0. The van der Waals surface area contributed by atoms with Crippen molar-refractivity contribution in [3.63, 3.8) is 0 Å². The molecule has 7 heteroatoms. The third-order valence-corrected chi connectivity index (χ3v) is 3.67. The lowest BCUT2D eigenvalue weighted by Crippen LogP contribution is -2.52. The highest BCUT2D eigenvalue weighted by Crippen LogP contribution is 2.26. The van der Waals surface area contributed by atoms with E-state index in [1.165, 1.54) is 0 Å². The molecule has 1 fully saturated rings. The molecular formula is C13H21N5O2. The number of aromatic nitrogens is 2.